The van der Waals surface area contributed by atoms with Crippen LogP contribution < -0.4 is 4.74 Å². The van der Waals surface area contributed by atoms with Gasteiger partial charge in [0.1, 0.15) is 24.0 Å². The van der Waals surface area contributed by atoms with E-state index in [1.165, 1.54) is 20.5 Å². The van der Waals surface area contributed by atoms with Crippen molar-refractivity contribution in [2.24, 2.45) is 5.16 Å². The van der Waals surface area contributed by atoms with Gasteiger partial charge in [0.2, 0.25) is 0 Å². The minimum absolute atomic E-state index is 0.136. The quantitative estimate of drug-likeness (QED) is 0.125. The molecule has 0 aliphatic carbocycles. The van der Waals surface area contributed by atoms with Gasteiger partial charge in [0.25, 0.3) is 0 Å². The third kappa shape index (κ3) is 6.48. The standard InChI is InChI=1S/C28H29NO5/c1-20-16-22(17-29-34-21(2)23-10-6-5-7-11-23)14-15-27(20)33-18-24-12-8-9-13-25(24)26(19-31-3)28(30)32-4/h5-17,19,21H,18H2,1-4H3/b26-19-,29-17+. The summed E-state index contributed by atoms with van der Waals surface area (Å²) in [6.07, 6.45) is 2.93. The summed E-state index contributed by atoms with van der Waals surface area (Å²) in [6, 6.07) is 23.2. The number of oxime groups is 1. The van der Waals surface area contributed by atoms with E-state index >= 15 is 0 Å². The summed E-state index contributed by atoms with van der Waals surface area (Å²) in [6.45, 7) is 4.21. The maximum atomic E-state index is 12.2. The molecule has 0 aliphatic rings. The first-order chi connectivity index (χ1) is 16.5. The van der Waals surface area contributed by atoms with Crippen molar-refractivity contribution in [3.63, 3.8) is 0 Å². The number of carbonyl (C=O) groups is 1. The molecule has 3 aromatic rings. The minimum Gasteiger partial charge on any atom is -0.503 e. The van der Waals surface area contributed by atoms with Crippen LogP contribution in [0.3, 0.4) is 0 Å². The average molecular weight is 460 g/mol. The van der Waals surface area contributed by atoms with Crippen LogP contribution in [-0.2, 0) is 25.7 Å². The summed E-state index contributed by atoms with van der Waals surface area (Å²) in [5, 5.41) is 4.13. The molecule has 0 heterocycles. The molecule has 0 saturated carbocycles. The molecule has 1 atom stereocenters. The number of ether oxygens (including phenoxy) is 3. The van der Waals surface area contributed by atoms with Gasteiger partial charge in [-0.15, -0.1) is 0 Å². The van der Waals surface area contributed by atoms with Crippen molar-refractivity contribution in [3.05, 3.63) is 107 Å². The Labute approximate surface area is 200 Å². The Morgan fingerprint density at radius 2 is 1.74 bits per heavy atom. The fraction of sp³-hybridized carbons (Fsp3) is 0.214. The lowest BCUT2D eigenvalue weighted by Gasteiger charge is -2.14. The van der Waals surface area contributed by atoms with E-state index < -0.39 is 5.97 Å². The summed E-state index contributed by atoms with van der Waals surface area (Å²) in [7, 11) is 2.83. The SMILES string of the molecule is CO/C=C(\C(=O)OC)c1ccccc1COc1ccc(/C=N/OC(C)c2ccccc2)cc1C. The van der Waals surface area contributed by atoms with Crippen LogP contribution in [-0.4, -0.2) is 26.4 Å². The smallest absolute Gasteiger partial charge is 0.341 e. The molecular weight excluding hydrogens is 430 g/mol. The molecule has 0 fully saturated rings. The monoisotopic (exact) mass is 459 g/mol. The first kappa shape index (κ1) is 24.6. The highest BCUT2D eigenvalue weighted by molar-refractivity contribution is 6.16. The van der Waals surface area contributed by atoms with Gasteiger partial charge >= 0.3 is 5.97 Å². The zero-order valence-electron chi connectivity index (χ0n) is 19.9. The topological polar surface area (TPSA) is 66.4 Å². The van der Waals surface area contributed by atoms with E-state index in [0.717, 1.165) is 28.0 Å². The van der Waals surface area contributed by atoms with Crippen LogP contribution in [0.5, 0.6) is 5.75 Å². The number of nitrogens with zero attached hydrogens (tertiary/aromatic N) is 1. The lowest BCUT2D eigenvalue weighted by Crippen LogP contribution is -2.08. The van der Waals surface area contributed by atoms with Gasteiger partial charge in [-0.1, -0.05) is 59.8 Å². The molecule has 3 rings (SSSR count). The molecule has 0 amide bonds. The van der Waals surface area contributed by atoms with Gasteiger partial charge in [-0.05, 0) is 59.9 Å². The summed E-state index contributed by atoms with van der Waals surface area (Å²) in [5.41, 5.74) is 4.79. The Bertz CT molecular complexity index is 1150. The summed E-state index contributed by atoms with van der Waals surface area (Å²) in [4.78, 5) is 17.8. The van der Waals surface area contributed by atoms with Crippen LogP contribution in [0.15, 0.2) is 84.2 Å². The second-order valence-corrected chi connectivity index (χ2v) is 7.62. The predicted octanol–water partition coefficient (Wildman–Crippen LogP) is 5.85. The van der Waals surface area contributed by atoms with Crippen molar-refractivity contribution >= 4 is 17.8 Å². The van der Waals surface area contributed by atoms with Gasteiger partial charge in [-0.3, -0.25) is 0 Å². The van der Waals surface area contributed by atoms with Crippen LogP contribution >= 0.6 is 0 Å². The maximum absolute atomic E-state index is 12.2. The van der Waals surface area contributed by atoms with E-state index in [-0.39, 0.29) is 12.7 Å². The number of esters is 1. The Morgan fingerprint density at radius 1 is 1.00 bits per heavy atom. The number of benzene rings is 3. The fourth-order valence-corrected chi connectivity index (χ4v) is 3.40. The molecular formula is C28H29NO5. The van der Waals surface area contributed by atoms with Crippen LogP contribution in [0.25, 0.3) is 5.57 Å². The highest BCUT2D eigenvalue weighted by atomic mass is 16.6. The molecule has 6 heteroatoms. The van der Waals surface area contributed by atoms with Gasteiger partial charge in [0, 0.05) is 0 Å². The number of carbonyl (C=O) groups excluding carboxylic acids is 1. The van der Waals surface area contributed by atoms with E-state index in [1.54, 1.807) is 6.21 Å². The zero-order chi connectivity index (χ0) is 24.3. The molecule has 0 saturated heterocycles. The normalized spacial score (nSPS) is 12.3. The van der Waals surface area contributed by atoms with Crippen molar-refractivity contribution in [3.8, 4) is 5.75 Å². The van der Waals surface area contributed by atoms with Crippen molar-refractivity contribution in [1.29, 1.82) is 0 Å². The Morgan fingerprint density at radius 3 is 2.44 bits per heavy atom. The third-order valence-electron chi connectivity index (χ3n) is 5.22. The zero-order valence-corrected chi connectivity index (χ0v) is 19.9. The van der Waals surface area contributed by atoms with Crippen molar-refractivity contribution in [1.82, 2.24) is 0 Å². The average Bonchev–Trinajstić information content (AvgIpc) is 2.87. The second-order valence-electron chi connectivity index (χ2n) is 7.62. The Balaban J connectivity index is 1.67. The molecule has 0 N–H and O–H groups in total. The summed E-state index contributed by atoms with van der Waals surface area (Å²) in [5.74, 6) is 0.263. The predicted molar refractivity (Wildman–Crippen MR) is 132 cm³/mol. The summed E-state index contributed by atoms with van der Waals surface area (Å²) >= 11 is 0. The van der Waals surface area contributed by atoms with Crippen molar-refractivity contribution < 1.29 is 23.8 Å². The number of rotatable bonds is 10. The first-order valence-electron chi connectivity index (χ1n) is 10.9. The molecule has 34 heavy (non-hydrogen) atoms. The molecule has 3 aromatic carbocycles. The van der Waals surface area contributed by atoms with Crippen molar-refractivity contribution in [2.75, 3.05) is 14.2 Å². The van der Waals surface area contributed by atoms with Gasteiger partial charge in [0.15, 0.2) is 0 Å². The molecule has 0 bridgehead atoms. The molecule has 0 aromatic heterocycles. The number of aryl methyl sites for hydroxylation is 1. The van der Waals surface area contributed by atoms with Crippen LogP contribution in [0.2, 0.25) is 0 Å². The highest BCUT2D eigenvalue weighted by Gasteiger charge is 2.17. The van der Waals surface area contributed by atoms with Crippen LogP contribution in [0.4, 0.5) is 0 Å². The molecule has 0 aliphatic heterocycles. The molecule has 1 unspecified atom stereocenters. The Kier molecular flexibility index (Phi) is 8.86. The van der Waals surface area contributed by atoms with Gasteiger partial charge < -0.3 is 19.0 Å². The number of hydrogen-bond donors (Lipinski definition) is 0. The highest BCUT2D eigenvalue weighted by Crippen LogP contribution is 2.25. The number of hydrogen-bond acceptors (Lipinski definition) is 6. The van der Waals surface area contributed by atoms with Crippen LogP contribution in [0, 0.1) is 6.92 Å². The van der Waals surface area contributed by atoms with Gasteiger partial charge in [0.05, 0.1) is 26.7 Å². The first-order valence-corrected chi connectivity index (χ1v) is 10.9. The van der Waals surface area contributed by atoms with E-state index in [9.17, 15) is 4.79 Å². The third-order valence-corrected chi connectivity index (χ3v) is 5.22. The maximum Gasteiger partial charge on any atom is 0.341 e. The molecule has 6 nitrogen and oxygen atoms in total. The van der Waals surface area contributed by atoms with Gasteiger partial charge in [-0.2, -0.15) is 0 Å². The molecule has 176 valence electrons. The number of methoxy groups -OCH3 is 2. The summed E-state index contributed by atoms with van der Waals surface area (Å²) < 4.78 is 16.0. The van der Waals surface area contributed by atoms with E-state index in [0.29, 0.717) is 11.1 Å². The van der Waals surface area contributed by atoms with Crippen molar-refractivity contribution in [2.45, 2.75) is 26.6 Å². The van der Waals surface area contributed by atoms with E-state index in [4.69, 9.17) is 19.0 Å². The van der Waals surface area contributed by atoms with E-state index in [1.807, 2.05) is 86.6 Å². The second kappa shape index (κ2) is 12.3. The fourth-order valence-electron chi connectivity index (χ4n) is 3.40. The Hall–Kier alpha value is -4.06. The van der Waals surface area contributed by atoms with E-state index in [2.05, 4.69) is 5.16 Å². The van der Waals surface area contributed by atoms with Crippen LogP contribution in [0.1, 0.15) is 40.8 Å². The molecule has 0 spiro atoms. The lowest BCUT2D eigenvalue weighted by molar-refractivity contribution is -0.133. The van der Waals surface area contributed by atoms with Gasteiger partial charge in [-0.25, -0.2) is 4.79 Å². The molecule has 0 radical (unpaired) electrons. The lowest BCUT2D eigenvalue weighted by atomic mass is 10.0. The minimum atomic E-state index is -0.474. The largest absolute Gasteiger partial charge is 0.503 e.